The number of carbonyl (C=O) groups excluding carboxylic acids is 2. The van der Waals surface area contributed by atoms with Crippen LogP contribution in [0.5, 0.6) is 0 Å². The Balaban J connectivity index is 1.75. The number of para-hydroxylation sites is 1. The fourth-order valence-electron chi connectivity index (χ4n) is 3.70. The zero-order chi connectivity index (χ0) is 19.7. The van der Waals surface area contributed by atoms with Crippen molar-refractivity contribution in [3.05, 3.63) is 66.0 Å². The van der Waals surface area contributed by atoms with Gasteiger partial charge >= 0.3 is 0 Å². The zero-order valence-electron chi connectivity index (χ0n) is 15.3. The lowest BCUT2D eigenvalue weighted by molar-refractivity contribution is -0.123. The quantitative estimate of drug-likeness (QED) is 0.760. The van der Waals surface area contributed by atoms with Gasteiger partial charge in [0.1, 0.15) is 5.82 Å². The molecule has 1 aliphatic heterocycles. The summed E-state index contributed by atoms with van der Waals surface area (Å²) in [6, 6.07) is 15.4. The molecule has 4 rings (SSSR count). The molecule has 6 heteroatoms. The Kier molecular flexibility index (Phi) is 4.77. The standard InChI is InChI=1S/C22H20FN3O2/c23-18-7-3-1-6-16(18)20-13-17(15-5-2-4-8-19(15)25-20)22(28)26-11-9-14(10-12-26)21(24)27/h1-8,13-14H,9-12H2,(H2,24,27). The lowest BCUT2D eigenvalue weighted by Crippen LogP contribution is -2.41. The minimum Gasteiger partial charge on any atom is -0.369 e. The van der Waals surface area contributed by atoms with E-state index in [0.29, 0.717) is 48.3 Å². The van der Waals surface area contributed by atoms with Crippen LogP contribution < -0.4 is 5.73 Å². The molecule has 3 aromatic rings. The third-order valence-electron chi connectivity index (χ3n) is 5.28. The number of rotatable bonds is 3. The number of aromatic nitrogens is 1. The van der Waals surface area contributed by atoms with E-state index in [-0.39, 0.29) is 23.5 Å². The molecule has 1 saturated heterocycles. The fourth-order valence-corrected chi connectivity index (χ4v) is 3.70. The van der Waals surface area contributed by atoms with Crippen LogP contribution in [0.4, 0.5) is 4.39 Å². The summed E-state index contributed by atoms with van der Waals surface area (Å²) >= 11 is 0. The number of nitrogens with zero attached hydrogens (tertiary/aromatic N) is 2. The zero-order valence-corrected chi connectivity index (χ0v) is 15.3. The lowest BCUT2D eigenvalue weighted by Gasteiger charge is -2.31. The predicted octanol–water partition coefficient (Wildman–Crippen LogP) is 3.38. The van der Waals surface area contributed by atoms with E-state index in [2.05, 4.69) is 4.98 Å². The number of hydrogen-bond donors (Lipinski definition) is 1. The van der Waals surface area contributed by atoms with E-state index in [9.17, 15) is 14.0 Å². The highest BCUT2D eigenvalue weighted by Crippen LogP contribution is 2.28. The Labute approximate surface area is 162 Å². The molecule has 1 aromatic heterocycles. The third kappa shape index (κ3) is 3.33. The number of fused-ring (bicyclic) bond motifs is 1. The first-order chi connectivity index (χ1) is 13.5. The average Bonchev–Trinajstić information content (AvgIpc) is 2.73. The van der Waals surface area contributed by atoms with Crippen molar-refractivity contribution >= 4 is 22.7 Å². The maximum absolute atomic E-state index is 14.3. The monoisotopic (exact) mass is 377 g/mol. The topological polar surface area (TPSA) is 76.3 Å². The van der Waals surface area contributed by atoms with Crippen LogP contribution in [0.2, 0.25) is 0 Å². The van der Waals surface area contributed by atoms with Gasteiger partial charge in [0.25, 0.3) is 5.91 Å². The number of likely N-dealkylation sites (tertiary alicyclic amines) is 1. The third-order valence-corrected chi connectivity index (χ3v) is 5.28. The van der Waals surface area contributed by atoms with E-state index in [0.717, 1.165) is 5.39 Å². The SMILES string of the molecule is NC(=O)C1CCN(C(=O)c2cc(-c3ccccc3F)nc3ccccc23)CC1. The summed E-state index contributed by atoms with van der Waals surface area (Å²) < 4.78 is 14.3. The second kappa shape index (κ2) is 7.38. The van der Waals surface area contributed by atoms with Crippen molar-refractivity contribution in [1.82, 2.24) is 9.88 Å². The first-order valence-corrected chi connectivity index (χ1v) is 9.28. The Hall–Kier alpha value is -3.28. The summed E-state index contributed by atoms with van der Waals surface area (Å²) in [5, 5.41) is 0.726. The van der Waals surface area contributed by atoms with Crippen LogP contribution in [-0.4, -0.2) is 34.8 Å². The van der Waals surface area contributed by atoms with E-state index < -0.39 is 0 Å². The van der Waals surface area contributed by atoms with Gasteiger partial charge in [0.15, 0.2) is 0 Å². The Morgan fingerprint density at radius 1 is 1.04 bits per heavy atom. The van der Waals surface area contributed by atoms with Crippen LogP contribution in [0.1, 0.15) is 23.2 Å². The number of nitrogens with two attached hydrogens (primary N) is 1. The molecular weight excluding hydrogens is 357 g/mol. The molecule has 28 heavy (non-hydrogen) atoms. The van der Waals surface area contributed by atoms with Crippen molar-refractivity contribution in [3.63, 3.8) is 0 Å². The molecule has 2 aromatic carbocycles. The van der Waals surface area contributed by atoms with Gasteiger partial charge in [0, 0.05) is 30.0 Å². The maximum Gasteiger partial charge on any atom is 0.254 e. The van der Waals surface area contributed by atoms with Crippen LogP contribution in [-0.2, 0) is 4.79 Å². The molecule has 1 fully saturated rings. The first-order valence-electron chi connectivity index (χ1n) is 9.28. The second-order valence-corrected chi connectivity index (χ2v) is 7.02. The van der Waals surface area contributed by atoms with E-state index >= 15 is 0 Å². The van der Waals surface area contributed by atoms with Gasteiger partial charge < -0.3 is 10.6 Å². The van der Waals surface area contributed by atoms with Gasteiger partial charge in [0.2, 0.25) is 5.91 Å². The van der Waals surface area contributed by atoms with Crippen LogP contribution in [0.3, 0.4) is 0 Å². The van der Waals surface area contributed by atoms with Gasteiger partial charge in [-0.3, -0.25) is 9.59 Å². The minimum absolute atomic E-state index is 0.140. The highest BCUT2D eigenvalue weighted by Gasteiger charge is 2.27. The van der Waals surface area contributed by atoms with Crippen molar-refractivity contribution in [2.45, 2.75) is 12.8 Å². The average molecular weight is 377 g/mol. The number of halogens is 1. The van der Waals surface area contributed by atoms with Crippen molar-refractivity contribution < 1.29 is 14.0 Å². The summed E-state index contributed by atoms with van der Waals surface area (Å²) in [5.41, 5.74) is 7.29. The van der Waals surface area contributed by atoms with Crippen molar-refractivity contribution in [1.29, 1.82) is 0 Å². The summed E-state index contributed by atoms with van der Waals surface area (Å²) in [4.78, 5) is 30.9. The molecule has 5 nitrogen and oxygen atoms in total. The van der Waals surface area contributed by atoms with E-state index in [1.165, 1.54) is 6.07 Å². The van der Waals surface area contributed by atoms with Gasteiger partial charge in [-0.2, -0.15) is 0 Å². The Morgan fingerprint density at radius 3 is 2.43 bits per heavy atom. The van der Waals surface area contributed by atoms with Gasteiger partial charge in [-0.25, -0.2) is 9.37 Å². The molecule has 2 N–H and O–H groups in total. The highest BCUT2D eigenvalue weighted by molar-refractivity contribution is 6.07. The molecule has 0 saturated carbocycles. The number of piperidine rings is 1. The molecule has 1 aliphatic rings. The minimum atomic E-state index is -0.383. The maximum atomic E-state index is 14.3. The van der Waals surface area contributed by atoms with Crippen LogP contribution in [0, 0.1) is 11.7 Å². The van der Waals surface area contributed by atoms with E-state index in [1.807, 2.05) is 24.3 Å². The Bertz CT molecular complexity index is 1060. The fraction of sp³-hybridized carbons (Fsp3) is 0.227. The predicted molar refractivity (Wildman–Crippen MR) is 105 cm³/mol. The molecular formula is C22H20FN3O2. The summed E-state index contributed by atoms with van der Waals surface area (Å²) in [6.07, 6.45) is 1.12. The van der Waals surface area contributed by atoms with Crippen molar-refractivity contribution in [2.24, 2.45) is 11.7 Å². The molecule has 2 amide bonds. The van der Waals surface area contributed by atoms with Crippen molar-refractivity contribution in [2.75, 3.05) is 13.1 Å². The number of carbonyl (C=O) groups is 2. The number of pyridine rings is 1. The van der Waals surface area contributed by atoms with Crippen LogP contribution in [0.25, 0.3) is 22.2 Å². The molecule has 142 valence electrons. The van der Waals surface area contributed by atoms with E-state index in [4.69, 9.17) is 5.73 Å². The molecule has 0 unspecified atom stereocenters. The molecule has 0 radical (unpaired) electrons. The van der Waals surface area contributed by atoms with Gasteiger partial charge in [-0.1, -0.05) is 30.3 Å². The second-order valence-electron chi connectivity index (χ2n) is 7.02. The van der Waals surface area contributed by atoms with Gasteiger partial charge in [-0.15, -0.1) is 0 Å². The van der Waals surface area contributed by atoms with Crippen LogP contribution >= 0.6 is 0 Å². The highest BCUT2D eigenvalue weighted by atomic mass is 19.1. The first kappa shape index (κ1) is 18.1. The van der Waals surface area contributed by atoms with Crippen LogP contribution in [0.15, 0.2) is 54.6 Å². The number of benzene rings is 2. The molecule has 0 bridgehead atoms. The number of primary amides is 1. The smallest absolute Gasteiger partial charge is 0.254 e. The van der Waals surface area contributed by atoms with Gasteiger partial charge in [0.05, 0.1) is 16.8 Å². The lowest BCUT2D eigenvalue weighted by atomic mass is 9.95. The van der Waals surface area contributed by atoms with Crippen molar-refractivity contribution in [3.8, 4) is 11.3 Å². The molecule has 0 aliphatic carbocycles. The molecule has 0 spiro atoms. The van der Waals surface area contributed by atoms with E-state index in [1.54, 1.807) is 29.2 Å². The summed E-state index contributed by atoms with van der Waals surface area (Å²) in [7, 11) is 0. The largest absolute Gasteiger partial charge is 0.369 e. The van der Waals surface area contributed by atoms with Gasteiger partial charge in [-0.05, 0) is 37.1 Å². The molecule has 2 heterocycles. The number of hydrogen-bond acceptors (Lipinski definition) is 3. The summed E-state index contributed by atoms with van der Waals surface area (Å²) in [5.74, 6) is -1.03. The number of amides is 2. The summed E-state index contributed by atoms with van der Waals surface area (Å²) in [6.45, 7) is 0.941. The molecule has 0 atom stereocenters. The normalized spacial score (nSPS) is 15.0. The Morgan fingerprint density at radius 2 is 1.71 bits per heavy atom.